The standard InChI is InChI=1S/C13H20ClNO3S/c1-3-4-5-6-8-11(2)18-13-12(19(14,16)17)9-7-10-15-13/h7,9-11H,3-6,8H2,1-2H3. The topological polar surface area (TPSA) is 56.3 Å². The highest BCUT2D eigenvalue weighted by molar-refractivity contribution is 8.13. The van der Waals surface area contributed by atoms with Crippen LogP contribution in [0.2, 0.25) is 0 Å². The first kappa shape index (κ1) is 16.2. The van der Waals surface area contributed by atoms with Crippen molar-refractivity contribution in [2.45, 2.75) is 57.0 Å². The van der Waals surface area contributed by atoms with Crippen molar-refractivity contribution in [3.63, 3.8) is 0 Å². The monoisotopic (exact) mass is 305 g/mol. The lowest BCUT2D eigenvalue weighted by Crippen LogP contribution is -2.14. The summed E-state index contributed by atoms with van der Waals surface area (Å²) < 4.78 is 28.3. The van der Waals surface area contributed by atoms with Crippen LogP contribution in [-0.4, -0.2) is 19.5 Å². The van der Waals surface area contributed by atoms with Gasteiger partial charge in [0.15, 0.2) is 0 Å². The van der Waals surface area contributed by atoms with Crippen LogP contribution in [0.25, 0.3) is 0 Å². The molecule has 4 nitrogen and oxygen atoms in total. The van der Waals surface area contributed by atoms with Gasteiger partial charge in [-0.1, -0.05) is 26.2 Å². The number of nitrogens with zero attached hydrogens (tertiary/aromatic N) is 1. The second-order valence-corrected chi connectivity index (χ2v) is 7.06. The SMILES string of the molecule is CCCCCCC(C)Oc1ncccc1S(=O)(=O)Cl. The first-order valence-corrected chi connectivity index (χ1v) is 8.82. The zero-order valence-electron chi connectivity index (χ0n) is 11.3. The first-order valence-electron chi connectivity index (χ1n) is 6.51. The van der Waals surface area contributed by atoms with E-state index >= 15 is 0 Å². The van der Waals surface area contributed by atoms with Gasteiger partial charge in [-0.15, -0.1) is 0 Å². The molecule has 1 aromatic heterocycles. The van der Waals surface area contributed by atoms with E-state index in [1.165, 1.54) is 31.2 Å². The van der Waals surface area contributed by atoms with E-state index in [1.807, 2.05) is 6.92 Å². The Balaban J connectivity index is 2.62. The van der Waals surface area contributed by atoms with Gasteiger partial charge in [-0.05, 0) is 31.9 Å². The average molecular weight is 306 g/mol. The summed E-state index contributed by atoms with van der Waals surface area (Å²) in [6, 6.07) is 2.92. The maximum Gasteiger partial charge on any atom is 0.266 e. The minimum Gasteiger partial charge on any atom is -0.474 e. The van der Waals surface area contributed by atoms with Crippen molar-refractivity contribution in [1.29, 1.82) is 0 Å². The van der Waals surface area contributed by atoms with Crippen LogP contribution < -0.4 is 4.74 Å². The Morgan fingerprint density at radius 1 is 1.37 bits per heavy atom. The van der Waals surface area contributed by atoms with Crippen LogP contribution in [0.3, 0.4) is 0 Å². The molecular formula is C13H20ClNO3S. The summed E-state index contributed by atoms with van der Waals surface area (Å²) in [4.78, 5) is 3.87. The van der Waals surface area contributed by atoms with Gasteiger partial charge in [0.1, 0.15) is 4.90 Å². The molecule has 0 spiro atoms. The Morgan fingerprint density at radius 3 is 2.74 bits per heavy atom. The largest absolute Gasteiger partial charge is 0.474 e. The van der Waals surface area contributed by atoms with Gasteiger partial charge in [0.25, 0.3) is 9.05 Å². The molecule has 0 aliphatic heterocycles. The highest BCUT2D eigenvalue weighted by Gasteiger charge is 2.19. The van der Waals surface area contributed by atoms with Gasteiger partial charge in [0.2, 0.25) is 5.88 Å². The fourth-order valence-electron chi connectivity index (χ4n) is 1.76. The lowest BCUT2D eigenvalue weighted by molar-refractivity contribution is 0.192. The third kappa shape index (κ3) is 5.78. The number of hydrogen-bond donors (Lipinski definition) is 0. The van der Waals surface area contributed by atoms with Crippen molar-refractivity contribution in [2.24, 2.45) is 0 Å². The molecule has 0 amide bonds. The third-order valence-electron chi connectivity index (χ3n) is 2.78. The lowest BCUT2D eigenvalue weighted by Gasteiger charge is -2.15. The van der Waals surface area contributed by atoms with Crippen LogP contribution in [-0.2, 0) is 9.05 Å². The molecule has 0 aromatic carbocycles. The van der Waals surface area contributed by atoms with Crippen LogP contribution in [0.1, 0.15) is 46.0 Å². The van der Waals surface area contributed by atoms with E-state index in [9.17, 15) is 8.42 Å². The number of halogens is 1. The van der Waals surface area contributed by atoms with Gasteiger partial charge in [-0.3, -0.25) is 0 Å². The van der Waals surface area contributed by atoms with Crippen LogP contribution >= 0.6 is 10.7 Å². The lowest BCUT2D eigenvalue weighted by atomic mass is 10.1. The second kappa shape index (κ2) is 7.70. The molecule has 108 valence electrons. The van der Waals surface area contributed by atoms with Gasteiger partial charge >= 0.3 is 0 Å². The molecule has 0 fully saturated rings. The molecule has 0 aliphatic carbocycles. The van der Waals surface area contributed by atoms with Crippen LogP contribution in [0, 0.1) is 0 Å². The summed E-state index contributed by atoms with van der Waals surface area (Å²) in [6.07, 6.45) is 6.90. The molecule has 0 saturated heterocycles. The van der Waals surface area contributed by atoms with Crippen molar-refractivity contribution in [3.05, 3.63) is 18.3 Å². The fraction of sp³-hybridized carbons (Fsp3) is 0.615. The minimum absolute atomic E-state index is 0.0722. The molecule has 0 bridgehead atoms. The van der Waals surface area contributed by atoms with Gasteiger partial charge in [-0.2, -0.15) is 0 Å². The molecule has 19 heavy (non-hydrogen) atoms. The Kier molecular flexibility index (Phi) is 6.58. The summed E-state index contributed by atoms with van der Waals surface area (Å²) in [5.41, 5.74) is 0. The van der Waals surface area contributed by atoms with Crippen LogP contribution in [0.15, 0.2) is 23.2 Å². The fourth-order valence-corrected chi connectivity index (χ4v) is 2.66. The summed E-state index contributed by atoms with van der Waals surface area (Å²) in [7, 11) is 1.52. The Hall–Kier alpha value is -0.810. The number of pyridine rings is 1. The molecule has 1 aromatic rings. The highest BCUT2D eigenvalue weighted by Crippen LogP contribution is 2.25. The maximum absolute atomic E-state index is 11.4. The van der Waals surface area contributed by atoms with Crippen molar-refractivity contribution < 1.29 is 13.2 Å². The van der Waals surface area contributed by atoms with Crippen molar-refractivity contribution in [3.8, 4) is 5.88 Å². The van der Waals surface area contributed by atoms with E-state index in [-0.39, 0.29) is 16.9 Å². The zero-order chi connectivity index (χ0) is 14.3. The predicted octanol–water partition coefficient (Wildman–Crippen LogP) is 3.75. The summed E-state index contributed by atoms with van der Waals surface area (Å²) in [6.45, 7) is 4.07. The zero-order valence-corrected chi connectivity index (χ0v) is 12.9. The van der Waals surface area contributed by atoms with E-state index in [2.05, 4.69) is 11.9 Å². The van der Waals surface area contributed by atoms with Crippen molar-refractivity contribution in [1.82, 2.24) is 4.98 Å². The van der Waals surface area contributed by atoms with Gasteiger partial charge < -0.3 is 4.74 Å². The van der Waals surface area contributed by atoms with Crippen molar-refractivity contribution in [2.75, 3.05) is 0 Å². The van der Waals surface area contributed by atoms with Crippen LogP contribution in [0.4, 0.5) is 0 Å². The van der Waals surface area contributed by atoms with E-state index < -0.39 is 9.05 Å². The Morgan fingerprint density at radius 2 is 2.11 bits per heavy atom. The minimum atomic E-state index is -3.82. The molecule has 1 unspecified atom stereocenters. The molecule has 0 saturated carbocycles. The van der Waals surface area contributed by atoms with E-state index in [0.29, 0.717) is 0 Å². The molecule has 0 N–H and O–H groups in total. The molecule has 1 heterocycles. The van der Waals surface area contributed by atoms with Crippen molar-refractivity contribution >= 4 is 19.7 Å². The number of aromatic nitrogens is 1. The number of unbranched alkanes of at least 4 members (excludes halogenated alkanes) is 3. The smallest absolute Gasteiger partial charge is 0.266 e. The Bertz CT molecular complexity index is 490. The van der Waals surface area contributed by atoms with Gasteiger partial charge in [0.05, 0.1) is 6.10 Å². The third-order valence-corrected chi connectivity index (χ3v) is 4.11. The maximum atomic E-state index is 11.4. The molecular weight excluding hydrogens is 286 g/mol. The van der Waals surface area contributed by atoms with Gasteiger partial charge in [0, 0.05) is 16.9 Å². The molecule has 6 heteroatoms. The second-order valence-electron chi connectivity index (χ2n) is 4.52. The molecule has 1 rings (SSSR count). The predicted molar refractivity (Wildman–Crippen MR) is 76.1 cm³/mol. The molecule has 0 aliphatic rings. The number of ether oxygens (including phenoxy) is 1. The van der Waals surface area contributed by atoms with E-state index in [4.69, 9.17) is 15.4 Å². The molecule has 1 atom stereocenters. The summed E-state index contributed by atoms with van der Waals surface area (Å²) in [5.74, 6) is 0.0838. The highest BCUT2D eigenvalue weighted by atomic mass is 35.7. The quantitative estimate of drug-likeness (QED) is 0.542. The average Bonchev–Trinajstić information content (AvgIpc) is 2.34. The first-order chi connectivity index (χ1) is 8.95. The van der Waals surface area contributed by atoms with Crippen LogP contribution in [0.5, 0.6) is 5.88 Å². The number of rotatable bonds is 8. The van der Waals surface area contributed by atoms with Gasteiger partial charge in [-0.25, -0.2) is 13.4 Å². The number of hydrogen-bond acceptors (Lipinski definition) is 4. The van der Waals surface area contributed by atoms with E-state index in [1.54, 1.807) is 0 Å². The molecule has 0 radical (unpaired) electrons. The summed E-state index contributed by atoms with van der Waals surface area (Å²) >= 11 is 0. The normalized spacial score (nSPS) is 13.2. The summed E-state index contributed by atoms with van der Waals surface area (Å²) in [5, 5.41) is 0. The van der Waals surface area contributed by atoms with E-state index in [0.717, 1.165) is 19.3 Å². The Labute approximate surface area is 119 Å².